The molecule has 2 N–H and O–H groups in total. The van der Waals surface area contributed by atoms with Crippen LogP contribution in [-0.2, 0) is 22.0 Å². The van der Waals surface area contributed by atoms with Gasteiger partial charge in [-0.3, -0.25) is 0 Å². The number of guanidine groups is 1. The van der Waals surface area contributed by atoms with E-state index in [1.54, 1.807) is 4.31 Å². The summed E-state index contributed by atoms with van der Waals surface area (Å²) >= 11 is 0. The van der Waals surface area contributed by atoms with Crippen LogP contribution in [0.15, 0.2) is 29.3 Å². The highest BCUT2D eigenvalue weighted by Gasteiger charge is 2.27. The van der Waals surface area contributed by atoms with Gasteiger partial charge in [-0.25, -0.2) is 17.7 Å². The van der Waals surface area contributed by atoms with Crippen LogP contribution < -0.4 is 10.6 Å². The zero-order valence-corrected chi connectivity index (χ0v) is 22.2. The van der Waals surface area contributed by atoms with Crippen molar-refractivity contribution < 1.29 is 8.42 Å². The fourth-order valence-electron chi connectivity index (χ4n) is 3.46. The lowest BCUT2D eigenvalue weighted by atomic mass is 9.87. The molecule has 0 atom stereocenters. The van der Waals surface area contributed by atoms with Crippen LogP contribution in [0.5, 0.6) is 0 Å². The molecule has 1 aromatic carbocycles. The Hall–Kier alpha value is -0.870. The molecule has 0 spiro atoms. The third-order valence-corrected chi connectivity index (χ3v) is 7.31. The zero-order valence-electron chi connectivity index (χ0n) is 19.1. The standard InChI is InChI=1S/C22H38N4O2S.HI/c1-6-16-29(27,28)26-14-12-20(13-15-26)25-21(23-7-2)24-17-18-8-10-19(11-9-18)22(3,4)5;/h8-11,20H,6-7,12-17H2,1-5H3,(H2,23,24,25);1H. The molecular formula is C22H39IN4O2S. The molecule has 1 fully saturated rings. The second kappa shape index (κ2) is 12.2. The fraction of sp³-hybridized carbons (Fsp3) is 0.682. The molecule has 30 heavy (non-hydrogen) atoms. The van der Waals surface area contributed by atoms with E-state index >= 15 is 0 Å². The number of hydrogen-bond donors (Lipinski definition) is 2. The maximum absolute atomic E-state index is 12.2. The maximum atomic E-state index is 12.2. The minimum Gasteiger partial charge on any atom is -0.357 e. The van der Waals surface area contributed by atoms with Gasteiger partial charge in [-0.1, -0.05) is 52.0 Å². The molecule has 0 aromatic heterocycles. The predicted molar refractivity (Wildman–Crippen MR) is 137 cm³/mol. The Bertz CT molecular complexity index is 765. The van der Waals surface area contributed by atoms with Crippen LogP contribution in [0.1, 0.15) is 65.0 Å². The highest BCUT2D eigenvalue weighted by atomic mass is 127. The summed E-state index contributed by atoms with van der Waals surface area (Å²) in [6.45, 7) is 13.2. The Morgan fingerprint density at radius 2 is 1.73 bits per heavy atom. The minimum atomic E-state index is -3.10. The zero-order chi connectivity index (χ0) is 21.5. The smallest absolute Gasteiger partial charge is 0.214 e. The van der Waals surface area contributed by atoms with Crippen molar-refractivity contribution in [2.45, 2.75) is 71.9 Å². The number of aliphatic imine (C=N–C) groups is 1. The van der Waals surface area contributed by atoms with Crippen LogP contribution in [0, 0.1) is 0 Å². The van der Waals surface area contributed by atoms with Gasteiger partial charge in [-0.05, 0) is 42.7 Å². The lowest BCUT2D eigenvalue weighted by molar-refractivity contribution is 0.306. The largest absolute Gasteiger partial charge is 0.357 e. The second-order valence-electron chi connectivity index (χ2n) is 8.78. The van der Waals surface area contributed by atoms with Gasteiger partial charge in [0.05, 0.1) is 12.3 Å². The molecule has 1 saturated heterocycles. The predicted octanol–water partition coefficient (Wildman–Crippen LogP) is 3.86. The summed E-state index contributed by atoms with van der Waals surface area (Å²) in [5, 5.41) is 6.79. The maximum Gasteiger partial charge on any atom is 0.214 e. The molecular weight excluding hydrogens is 511 g/mol. The van der Waals surface area contributed by atoms with Gasteiger partial charge in [0.25, 0.3) is 0 Å². The molecule has 8 heteroatoms. The summed E-state index contributed by atoms with van der Waals surface area (Å²) in [6.07, 6.45) is 2.26. The van der Waals surface area contributed by atoms with Crippen molar-refractivity contribution in [1.82, 2.24) is 14.9 Å². The molecule has 0 radical (unpaired) electrons. The van der Waals surface area contributed by atoms with Crippen LogP contribution in [0.4, 0.5) is 0 Å². The Morgan fingerprint density at radius 1 is 1.13 bits per heavy atom. The summed E-state index contributed by atoms with van der Waals surface area (Å²) in [5.41, 5.74) is 2.65. The molecule has 6 nitrogen and oxygen atoms in total. The van der Waals surface area contributed by atoms with Crippen molar-refractivity contribution in [3.05, 3.63) is 35.4 Å². The topological polar surface area (TPSA) is 73.8 Å². The summed E-state index contributed by atoms with van der Waals surface area (Å²) in [4.78, 5) is 4.73. The van der Waals surface area contributed by atoms with Gasteiger partial charge in [0.2, 0.25) is 10.0 Å². The van der Waals surface area contributed by atoms with Gasteiger partial charge in [0.15, 0.2) is 5.96 Å². The Labute approximate surface area is 200 Å². The monoisotopic (exact) mass is 550 g/mol. The molecule has 0 aliphatic carbocycles. The Morgan fingerprint density at radius 3 is 2.23 bits per heavy atom. The van der Waals surface area contributed by atoms with Crippen LogP contribution in [0.25, 0.3) is 0 Å². The normalized spacial score (nSPS) is 16.8. The first-order valence-corrected chi connectivity index (χ1v) is 12.4. The van der Waals surface area contributed by atoms with Gasteiger partial charge in [-0.2, -0.15) is 0 Å². The van der Waals surface area contributed by atoms with Gasteiger partial charge in [0, 0.05) is 25.7 Å². The lowest BCUT2D eigenvalue weighted by Gasteiger charge is -2.32. The molecule has 0 amide bonds. The number of rotatable bonds is 7. The number of piperidine rings is 1. The first-order valence-electron chi connectivity index (χ1n) is 10.8. The number of nitrogens with one attached hydrogen (secondary N) is 2. The van der Waals surface area contributed by atoms with E-state index in [2.05, 4.69) is 62.6 Å². The lowest BCUT2D eigenvalue weighted by Crippen LogP contribution is -2.50. The van der Waals surface area contributed by atoms with Crippen molar-refractivity contribution in [2.24, 2.45) is 4.99 Å². The van der Waals surface area contributed by atoms with E-state index in [0.29, 0.717) is 26.1 Å². The Balaban J connectivity index is 0.00000450. The third kappa shape index (κ3) is 8.34. The van der Waals surface area contributed by atoms with Crippen molar-refractivity contribution in [3.63, 3.8) is 0 Å². The average Bonchev–Trinajstić information content (AvgIpc) is 2.66. The molecule has 1 aliphatic heterocycles. The van der Waals surface area contributed by atoms with Crippen LogP contribution in [0.3, 0.4) is 0 Å². The van der Waals surface area contributed by atoms with Crippen molar-refractivity contribution in [1.29, 1.82) is 0 Å². The number of sulfonamides is 1. The Kier molecular flexibility index (Phi) is 11.1. The van der Waals surface area contributed by atoms with Gasteiger partial charge in [-0.15, -0.1) is 24.0 Å². The second-order valence-corrected chi connectivity index (χ2v) is 10.9. The minimum absolute atomic E-state index is 0. The highest BCUT2D eigenvalue weighted by molar-refractivity contribution is 14.0. The van der Waals surface area contributed by atoms with Gasteiger partial charge < -0.3 is 10.6 Å². The quantitative estimate of drug-likeness (QED) is 0.307. The highest BCUT2D eigenvalue weighted by Crippen LogP contribution is 2.22. The van der Waals surface area contributed by atoms with E-state index in [4.69, 9.17) is 4.99 Å². The number of hydrogen-bond acceptors (Lipinski definition) is 3. The molecule has 172 valence electrons. The van der Waals surface area contributed by atoms with Crippen LogP contribution in [-0.4, -0.2) is 50.1 Å². The van der Waals surface area contributed by atoms with E-state index in [1.165, 1.54) is 11.1 Å². The van der Waals surface area contributed by atoms with E-state index in [0.717, 1.165) is 25.3 Å². The van der Waals surface area contributed by atoms with E-state index in [-0.39, 0.29) is 41.2 Å². The van der Waals surface area contributed by atoms with Crippen LogP contribution >= 0.6 is 24.0 Å². The van der Waals surface area contributed by atoms with Crippen molar-refractivity contribution >= 4 is 40.0 Å². The molecule has 1 aromatic rings. The summed E-state index contributed by atoms with van der Waals surface area (Å²) < 4.78 is 26.1. The molecule has 1 aliphatic rings. The van der Waals surface area contributed by atoms with Gasteiger partial charge >= 0.3 is 0 Å². The molecule has 0 saturated carbocycles. The molecule has 2 rings (SSSR count). The molecule has 0 unspecified atom stereocenters. The molecule has 0 bridgehead atoms. The first kappa shape index (κ1) is 27.2. The average molecular weight is 551 g/mol. The summed E-state index contributed by atoms with van der Waals surface area (Å²) in [5.74, 6) is 1.03. The van der Waals surface area contributed by atoms with E-state index < -0.39 is 10.0 Å². The van der Waals surface area contributed by atoms with E-state index in [1.807, 2.05) is 6.92 Å². The summed E-state index contributed by atoms with van der Waals surface area (Å²) in [6, 6.07) is 8.88. The molecule has 1 heterocycles. The van der Waals surface area contributed by atoms with Crippen molar-refractivity contribution in [2.75, 3.05) is 25.4 Å². The van der Waals surface area contributed by atoms with Crippen molar-refractivity contribution in [3.8, 4) is 0 Å². The number of nitrogens with zero attached hydrogens (tertiary/aromatic N) is 2. The number of halogens is 1. The third-order valence-electron chi connectivity index (χ3n) is 5.23. The number of benzene rings is 1. The van der Waals surface area contributed by atoms with E-state index in [9.17, 15) is 8.42 Å². The fourth-order valence-corrected chi connectivity index (χ4v) is 5.00. The van der Waals surface area contributed by atoms with Gasteiger partial charge in [0.1, 0.15) is 0 Å². The first-order chi connectivity index (χ1) is 13.7. The summed E-state index contributed by atoms with van der Waals surface area (Å²) in [7, 11) is -3.10. The SMILES string of the molecule is CCCS(=O)(=O)N1CCC(NC(=NCc2ccc(C(C)(C)C)cc2)NCC)CC1.I. The van der Waals surface area contributed by atoms with Crippen LogP contribution in [0.2, 0.25) is 0 Å².